The van der Waals surface area contributed by atoms with Crippen molar-refractivity contribution in [2.45, 2.75) is 72.1 Å². The van der Waals surface area contributed by atoms with Crippen LogP contribution in [0.5, 0.6) is 0 Å². The van der Waals surface area contributed by atoms with Gasteiger partial charge in [-0.1, -0.05) is 33.8 Å². The Hall–Kier alpha value is -2.33. The maximum absolute atomic E-state index is 10.0. The first-order valence-corrected chi connectivity index (χ1v) is 12.9. The van der Waals surface area contributed by atoms with Crippen LogP contribution in [0.3, 0.4) is 0 Å². The summed E-state index contributed by atoms with van der Waals surface area (Å²) in [4.78, 5) is 14.8. The molecule has 5 rings (SSSR count). The van der Waals surface area contributed by atoms with E-state index in [1.807, 2.05) is 29.7 Å². The Morgan fingerprint density at radius 2 is 1.78 bits per heavy atom. The molecule has 2 heterocycles. The van der Waals surface area contributed by atoms with Crippen molar-refractivity contribution in [1.82, 2.24) is 4.98 Å². The molecule has 0 saturated heterocycles. The molecule has 3 nitrogen and oxygen atoms in total. The molecule has 2 aromatic carbocycles. The molecule has 0 unspecified atom stereocenters. The zero-order valence-electron chi connectivity index (χ0n) is 22.1. The number of nitrogens with zero attached hydrogens (tertiary/aromatic N) is 1. The van der Waals surface area contributed by atoms with Crippen LogP contribution < -0.4 is 0 Å². The first-order valence-electron chi connectivity index (χ1n) is 12.1. The third kappa shape index (κ3) is 5.34. The number of allylic oxidation sites excluding steroid dienone is 2. The van der Waals surface area contributed by atoms with Gasteiger partial charge in [0.1, 0.15) is 0 Å². The summed E-state index contributed by atoms with van der Waals surface area (Å²) in [5, 5.41) is 11.2. The second kappa shape index (κ2) is 10.6. The number of aryl methyl sites for hydroxylation is 1. The number of aliphatic hydroxyl groups is 1. The van der Waals surface area contributed by atoms with Crippen LogP contribution in [0.2, 0.25) is 0 Å². The summed E-state index contributed by atoms with van der Waals surface area (Å²) < 4.78 is 2.71. The van der Waals surface area contributed by atoms with Crippen LogP contribution >= 0.6 is 11.3 Å². The SMILES string of the molecule is CC(=O)/C=C(/C)O.Cc1cc2c(c3c1sc1c(-c4[c-]cccc4)nccc13)C(C)(C)CCC2(C)C.[Ir]. The minimum Gasteiger partial charge on any atom is -0.512 e. The zero-order chi connectivity index (χ0) is 25.5. The summed E-state index contributed by atoms with van der Waals surface area (Å²) >= 11 is 1.90. The summed E-state index contributed by atoms with van der Waals surface area (Å²) in [6.45, 7) is 14.8. The molecule has 36 heavy (non-hydrogen) atoms. The van der Waals surface area contributed by atoms with E-state index in [9.17, 15) is 4.79 Å². The van der Waals surface area contributed by atoms with Crippen molar-refractivity contribution >= 4 is 37.3 Å². The van der Waals surface area contributed by atoms with Gasteiger partial charge in [0.15, 0.2) is 5.78 Å². The van der Waals surface area contributed by atoms with Gasteiger partial charge in [-0.05, 0) is 72.6 Å². The van der Waals surface area contributed by atoms with Crippen LogP contribution in [0.1, 0.15) is 71.1 Å². The summed E-state index contributed by atoms with van der Waals surface area (Å²) in [6, 6.07) is 16.2. The molecule has 0 bridgehead atoms. The predicted octanol–water partition coefficient (Wildman–Crippen LogP) is 8.61. The molecule has 2 aromatic heterocycles. The van der Waals surface area contributed by atoms with Crippen molar-refractivity contribution in [3.63, 3.8) is 0 Å². The smallest absolute Gasteiger partial charge is 0.155 e. The molecule has 4 aromatic rings. The third-order valence-corrected chi connectivity index (χ3v) is 8.35. The average molecular weight is 677 g/mol. The number of fused-ring (bicyclic) bond motifs is 5. The fourth-order valence-corrected chi connectivity index (χ4v) is 6.46. The normalized spacial score (nSPS) is 16.0. The van der Waals surface area contributed by atoms with Gasteiger partial charge in [0.05, 0.1) is 5.76 Å². The molecule has 1 aliphatic carbocycles. The number of pyridine rings is 1. The van der Waals surface area contributed by atoms with E-state index in [4.69, 9.17) is 10.1 Å². The Labute approximate surface area is 232 Å². The van der Waals surface area contributed by atoms with Crippen molar-refractivity contribution in [3.05, 3.63) is 77.2 Å². The van der Waals surface area contributed by atoms with Gasteiger partial charge in [-0.2, -0.15) is 0 Å². The van der Waals surface area contributed by atoms with Crippen LogP contribution in [0, 0.1) is 13.0 Å². The van der Waals surface area contributed by atoms with Gasteiger partial charge in [-0.3, -0.25) is 4.79 Å². The Bertz CT molecular complexity index is 1440. The first-order chi connectivity index (χ1) is 16.4. The number of thiophene rings is 1. The molecule has 0 spiro atoms. The number of benzene rings is 2. The minimum atomic E-state index is -0.125. The second-order valence-corrected chi connectivity index (χ2v) is 11.9. The molecule has 0 aliphatic heterocycles. The topological polar surface area (TPSA) is 50.2 Å². The summed E-state index contributed by atoms with van der Waals surface area (Å²) in [5.41, 5.74) is 7.03. The number of hydrogen-bond acceptors (Lipinski definition) is 4. The van der Waals surface area contributed by atoms with E-state index >= 15 is 0 Å². The second-order valence-electron chi connectivity index (χ2n) is 10.9. The van der Waals surface area contributed by atoms with Crippen LogP contribution in [-0.4, -0.2) is 15.9 Å². The Kier molecular flexibility index (Phi) is 8.29. The standard InChI is InChI=1S/C26H26NS.C5H8O2.Ir/c1-16-15-19-21(26(4,5)13-12-25(19,2)3)20-18-11-14-27-22(24(18)28-23(16)20)17-9-7-6-8-10-17;1-4(6)3-5(2)7;/h6-9,11,14-15H,12-13H2,1-5H3;3,6H,1-2H3;/q-1;;/b;4-3-;. The van der Waals surface area contributed by atoms with Crippen molar-refractivity contribution in [2.75, 3.05) is 0 Å². The van der Waals surface area contributed by atoms with Crippen LogP contribution in [0.25, 0.3) is 31.4 Å². The van der Waals surface area contributed by atoms with E-state index in [1.54, 1.807) is 5.56 Å². The largest absolute Gasteiger partial charge is 0.512 e. The van der Waals surface area contributed by atoms with Gasteiger partial charge in [-0.25, -0.2) is 0 Å². The van der Waals surface area contributed by atoms with Gasteiger partial charge in [0.2, 0.25) is 0 Å². The molecule has 0 saturated carbocycles. The van der Waals surface area contributed by atoms with E-state index in [0.717, 1.165) is 11.3 Å². The number of hydrogen-bond donors (Lipinski definition) is 1. The van der Waals surface area contributed by atoms with Crippen molar-refractivity contribution in [2.24, 2.45) is 0 Å². The molecule has 0 amide bonds. The molecule has 1 N–H and O–H groups in total. The predicted molar refractivity (Wildman–Crippen MR) is 148 cm³/mol. The molecule has 0 fully saturated rings. The van der Waals surface area contributed by atoms with Gasteiger partial charge in [0, 0.05) is 52.9 Å². The molecular formula is C31H34IrNO2S-. The molecule has 5 heteroatoms. The monoisotopic (exact) mass is 677 g/mol. The van der Waals surface area contributed by atoms with E-state index in [-0.39, 0.29) is 42.5 Å². The Balaban J connectivity index is 0.000000400. The number of carbonyl (C=O) groups excluding carboxylic acids is 1. The van der Waals surface area contributed by atoms with E-state index in [0.29, 0.717) is 0 Å². The van der Waals surface area contributed by atoms with Crippen molar-refractivity contribution < 1.29 is 30.0 Å². The molecular weight excluding hydrogens is 643 g/mol. The Morgan fingerprint density at radius 3 is 2.36 bits per heavy atom. The van der Waals surface area contributed by atoms with Crippen LogP contribution in [0.15, 0.2) is 54.4 Å². The zero-order valence-corrected chi connectivity index (χ0v) is 25.3. The van der Waals surface area contributed by atoms with Gasteiger partial charge in [-0.15, -0.1) is 47.2 Å². The average Bonchev–Trinajstić information content (AvgIpc) is 3.17. The van der Waals surface area contributed by atoms with Crippen LogP contribution in [-0.2, 0) is 35.7 Å². The van der Waals surface area contributed by atoms with Gasteiger partial charge >= 0.3 is 0 Å². The number of aliphatic hydroxyl groups excluding tert-OH is 1. The minimum absolute atomic E-state index is 0. The number of ketones is 1. The van der Waals surface area contributed by atoms with E-state index in [1.165, 1.54) is 64.1 Å². The van der Waals surface area contributed by atoms with Crippen LogP contribution in [0.4, 0.5) is 0 Å². The molecule has 191 valence electrons. The van der Waals surface area contributed by atoms with Gasteiger partial charge in [0.25, 0.3) is 0 Å². The summed E-state index contributed by atoms with van der Waals surface area (Å²) in [7, 11) is 0. The summed E-state index contributed by atoms with van der Waals surface area (Å²) in [6.07, 6.45) is 5.61. The fourth-order valence-electron chi connectivity index (χ4n) is 5.19. The first kappa shape index (κ1) is 28.2. The summed E-state index contributed by atoms with van der Waals surface area (Å²) in [5.74, 6) is -0.0625. The van der Waals surface area contributed by atoms with E-state index in [2.05, 4.69) is 65.0 Å². The van der Waals surface area contributed by atoms with Crippen molar-refractivity contribution in [3.8, 4) is 11.3 Å². The maximum atomic E-state index is 10.0. The number of carbonyl (C=O) groups is 1. The Morgan fingerprint density at radius 1 is 1.08 bits per heavy atom. The van der Waals surface area contributed by atoms with Crippen molar-refractivity contribution in [1.29, 1.82) is 0 Å². The number of rotatable bonds is 2. The van der Waals surface area contributed by atoms with Gasteiger partial charge < -0.3 is 10.1 Å². The molecule has 0 atom stereocenters. The molecule has 1 radical (unpaired) electrons. The quantitative estimate of drug-likeness (QED) is 0.131. The maximum Gasteiger partial charge on any atom is 0.155 e. The fraction of sp³-hybridized carbons (Fsp3) is 0.355. The number of aromatic nitrogens is 1. The van der Waals surface area contributed by atoms with E-state index < -0.39 is 0 Å². The molecule has 1 aliphatic rings. The third-order valence-electron chi connectivity index (χ3n) is 7.00.